The average molecular weight is 274 g/mol. The molecule has 1 unspecified atom stereocenters. The first kappa shape index (κ1) is 14.7. The van der Waals surface area contributed by atoms with Gasteiger partial charge in [-0.1, -0.05) is 36.8 Å². The summed E-state index contributed by atoms with van der Waals surface area (Å²) in [7, 11) is 1.93. The Kier molecular flexibility index (Phi) is 4.87. The molecule has 1 heterocycles. The topological polar surface area (TPSA) is 54.2 Å². The van der Waals surface area contributed by atoms with Crippen LogP contribution in [0.4, 0.5) is 0 Å². The van der Waals surface area contributed by atoms with Gasteiger partial charge in [0, 0.05) is 13.6 Å². The van der Waals surface area contributed by atoms with Crippen LogP contribution in [0.3, 0.4) is 0 Å². The molecule has 0 fully saturated rings. The maximum atomic E-state index is 10.3. The minimum atomic E-state index is -0.483. The van der Waals surface area contributed by atoms with E-state index < -0.39 is 6.10 Å². The van der Waals surface area contributed by atoms with Crippen molar-refractivity contribution >= 4 is 0 Å². The zero-order chi connectivity index (χ0) is 14.5. The Morgan fingerprint density at radius 2 is 2.00 bits per heavy atom. The molecule has 0 spiro atoms. The molecule has 1 N–H and O–H groups in total. The van der Waals surface area contributed by atoms with E-state index in [9.17, 15) is 5.11 Å². The van der Waals surface area contributed by atoms with Crippen molar-refractivity contribution in [2.45, 2.75) is 26.5 Å². The van der Waals surface area contributed by atoms with Gasteiger partial charge in [-0.05, 0) is 19.0 Å². The van der Waals surface area contributed by atoms with E-state index in [0.717, 1.165) is 17.9 Å². The van der Waals surface area contributed by atoms with Gasteiger partial charge in [0.25, 0.3) is 0 Å². The summed E-state index contributed by atoms with van der Waals surface area (Å²) in [4.78, 5) is 2.16. The zero-order valence-electron chi connectivity index (χ0n) is 12.3. The van der Waals surface area contributed by atoms with Gasteiger partial charge < -0.3 is 9.67 Å². The van der Waals surface area contributed by atoms with Crippen molar-refractivity contribution in [1.29, 1.82) is 0 Å². The van der Waals surface area contributed by atoms with Crippen molar-refractivity contribution in [2.75, 3.05) is 13.1 Å². The fourth-order valence-corrected chi connectivity index (χ4v) is 2.09. The minimum absolute atomic E-state index is 0.483. The Morgan fingerprint density at radius 1 is 1.30 bits per heavy atom. The lowest BCUT2D eigenvalue weighted by molar-refractivity contribution is 0.110. The number of benzene rings is 1. The second-order valence-corrected chi connectivity index (χ2v) is 5.11. The Hall–Kier alpha value is -1.72. The van der Waals surface area contributed by atoms with Gasteiger partial charge in [-0.3, -0.25) is 4.90 Å². The Balaban J connectivity index is 1.99. The fraction of sp³-hybridized carbons (Fsp3) is 0.467. The van der Waals surface area contributed by atoms with Crippen LogP contribution in [0.2, 0.25) is 0 Å². The molecule has 0 aliphatic carbocycles. The van der Waals surface area contributed by atoms with Crippen LogP contribution in [-0.4, -0.2) is 37.9 Å². The maximum Gasteiger partial charge on any atom is 0.146 e. The van der Waals surface area contributed by atoms with E-state index in [1.807, 2.05) is 42.8 Å². The molecule has 1 atom stereocenters. The van der Waals surface area contributed by atoms with E-state index >= 15 is 0 Å². The van der Waals surface area contributed by atoms with Crippen LogP contribution in [0.1, 0.15) is 30.0 Å². The molecule has 1 aromatic heterocycles. The smallest absolute Gasteiger partial charge is 0.146 e. The van der Waals surface area contributed by atoms with Gasteiger partial charge in [0.15, 0.2) is 0 Å². The van der Waals surface area contributed by atoms with Gasteiger partial charge in [0.2, 0.25) is 0 Å². The molecule has 0 amide bonds. The van der Waals surface area contributed by atoms with Gasteiger partial charge in [-0.15, -0.1) is 10.2 Å². The summed E-state index contributed by atoms with van der Waals surface area (Å²) in [5.41, 5.74) is 2.15. The Bertz CT molecular complexity index is 535. The molecule has 108 valence electrons. The predicted octanol–water partition coefficient (Wildman–Crippen LogP) is 1.68. The Morgan fingerprint density at radius 3 is 2.55 bits per heavy atom. The zero-order valence-corrected chi connectivity index (χ0v) is 12.3. The monoisotopic (exact) mass is 274 g/mol. The van der Waals surface area contributed by atoms with E-state index in [0.29, 0.717) is 13.1 Å². The minimum Gasteiger partial charge on any atom is -0.387 e. The second-order valence-electron chi connectivity index (χ2n) is 5.11. The molecular weight excluding hydrogens is 252 g/mol. The van der Waals surface area contributed by atoms with E-state index in [-0.39, 0.29) is 0 Å². The number of likely N-dealkylation sites (N-methyl/N-ethyl adjacent to an activating group) is 1. The Labute approximate surface area is 119 Å². The van der Waals surface area contributed by atoms with E-state index in [1.54, 1.807) is 6.33 Å². The summed E-state index contributed by atoms with van der Waals surface area (Å²) in [6.07, 6.45) is 1.21. The summed E-state index contributed by atoms with van der Waals surface area (Å²) in [6.45, 7) is 6.26. The predicted molar refractivity (Wildman–Crippen MR) is 78.1 cm³/mol. The standard InChI is InChI=1S/C15H22N4O/c1-4-19(10-15-17-16-11-18(15)3)9-14(20)13-7-5-12(2)6-8-13/h5-8,11,14,20H,4,9-10H2,1-3H3. The number of hydrogen-bond acceptors (Lipinski definition) is 4. The molecular formula is C15H22N4O. The SMILES string of the molecule is CCN(Cc1nncn1C)CC(O)c1ccc(C)cc1. The average Bonchev–Trinajstić information content (AvgIpc) is 2.84. The summed E-state index contributed by atoms with van der Waals surface area (Å²) in [5.74, 6) is 0.906. The van der Waals surface area contributed by atoms with Crippen molar-refractivity contribution in [1.82, 2.24) is 19.7 Å². The van der Waals surface area contributed by atoms with Crippen LogP contribution in [-0.2, 0) is 13.6 Å². The van der Waals surface area contributed by atoms with Crippen LogP contribution in [0.15, 0.2) is 30.6 Å². The van der Waals surface area contributed by atoms with Crippen molar-refractivity contribution in [3.8, 4) is 0 Å². The van der Waals surface area contributed by atoms with Crippen molar-refractivity contribution in [3.05, 3.63) is 47.5 Å². The van der Waals surface area contributed by atoms with Crippen molar-refractivity contribution in [2.24, 2.45) is 7.05 Å². The van der Waals surface area contributed by atoms with Gasteiger partial charge >= 0.3 is 0 Å². The van der Waals surface area contributed by atoms with Crippen LogP contribution in [0, 0.1) is 6.92 Å². The highest BCUT2D eigenvalue weighted by atomic mass is 16.3. The fourth-order valence-electron chi connectivity index (χ4n) is 2.09. The summed E-state index contributed by atoms with van der Waals surface area (Å²) >= 11 is 0. The third kappa shape index (κ3) is 3.65. The second kappa shape index (κ2) is 6.63. The quantitative estimate of drug-likeness (QED) is 0.871. The first-order valence-corrected chi connectivity index (χ1v) is 6.90. The molecule has 20 heavy (non-hydrogen) atoms. The third-order valence-corrected chi connectivity index (χ3v) is 3.51. The lowest BCUT2D eigenvalue weighted by atomic mass is 10.1. The molecule has 0 saturated heterocycles. The molecule has 0 radical (unpaired) electrons. The van der Waals surface area contributed by atoms with Gasteiger partial charge in [0.05, 0.1) is 12.6 Å². The highest BCUT2D eigenvalue weighted by Crippen LogP contribution is 2.16. The highest BCUT2D eigenvalue weighted by molar-refractivity contribution is 5.23. The molecule has 5 nitrogen and oxygen atoms in total. The lowest BCUT2D eigenvalue weighted by Crippen LogP contribution is -2.29. The van der Waals surface area contributed by atoms with Crippen LogP contribution in [0.25, 0.3) is 0 Å². The van der Waals surface area contributed by atoms with Crippen LogP contribution in [0.5, 0.6) is 0 Å². The van der Waals surface area contributed by atoms with Gasteiger partial charge in [-0.25, -0.2) is 0 Å². The number of hydrogen-bond donors (Lipinski definition) is 1. The number of aryl methyl sites for hydroxylation is 2. The first-order valence-electron chi connectivity index (χ1n) is 6.90. The molecule has 1 aromatic carbocycles. The maximum absolute atomic E-state index is 10.3. The van der Waals surface area contributed by atoms with Crippen molar-refractivity contribution in [3.63, 3.8) is 0 Å². The third-order valence-electron chi connectivity index (χ3n) is 3.51. The summed E-state index contributed by atoms with van der Waals surface area (Å²) in [5, 5.41) is 18.3. The lowest BCUT2D eigenvalue weighted by Gasteiger charge is -2.23. The number of aromatic nitrogens is 3. The number of aliphatic hydroxyl groups is 1. The van der Waals surface area contributed by atoms with Gasteiger partial charge in [-0.2, -0.15) is 0 Å². The molecule has 2 aromatic rings. The normalized spacial score (nSPS) is 12.8. The van der Waals surface area contributed by atoms with Crippen LogP contribution < -0.4 is 0 Å². The largest absolute Gasteiger partial charge is 0.387 e. The van der Waals surface area contributed by atoms with Crippen LogP contribution >= 0.6 is 0 Å². The number of nitrogens with zero attached hydrogens (tertiary/aromatic N) is 4. The van der Waals surface area contributed by atoms with Gasteiger partial charge in [0.1, 0.15) is 12.2 Å². The molecule has 2 rings (SSSR count). The van der Waals surface area contributed by atoms with E-state index in [1.165, 1.54) is 5.56 Å². The summed E-state index contributed by atoms with van der Waals surface area (Å²) in [6, 6.07) is 8.02. The molecule has 5 heteroatoms. The van der Waals surface area contributed by atoms with E-state index in [4.69, 9.17) is 0 Å². The summed E-state index contributed by atoms with van der Waals surface area (Å²) < 4.78 is 1.90. The highest BCUT2D eigenvalue weighted by Gasteiger charge is 2.14. The molecule has 0 bridgehead atoms. The molecule has 0 aliphatic heterocycles. The first-order chi connectivity index (χ1) is 9.60. The number of rotatable bonds is 6. The van der Waals surface area contributed by atoms with E-state index in [2.05, 4.69) is 22.0 Å². The van der Waals surface area contributed by atoms with Crippen molar-refractivity contribution < 1.29 is 5.11 Å². The number of aliphatic hydroxyl groups excluding tert-OH is 1. The molecule has 0 saturated carbocycles. The molecule has 0 aliphatic rings.